The molecule has 0 aliphatic rings. The Hall–Kier alpha value is -2.26. The van der Waals surface area contributed by atoms with Crippen LogP contribution < -0.4 is 5.84 Å². The van der Waals surface area contributed by atoms with Gasteiger partial charge in [-0.25, -0.2) is 4.68 Å². The molecule has 0 fully saturated rings. The fraction of sp³-hybridized carbons (Fsp3) is 0.267. The van der Waals surface area contributed by atoms with Crippen molar-refractivity contribution in [3.63, 3.8) is 0 Å². The largest absolute Gasteiger partial charge is 0.469 e. The van der Waals surface area contributed by atoms with Crippen LogP contribution in [0.25, 0.3) is 11.4 Å². The molecule has 2 N–H and O–H groups in total. The summed E-state index contributed by atoms with van der Waals surface area (Å²) in [6, 6.07) is 5.78. The summed E-state index contributed by atoms with van der Waals surface area (Å²) < 4.78 is 6.64. The molecule has 0 aromatic carbocycles. The molecule has 0 aliphatic carbocycles. The minimum absolute atomic E-state index is 0.0115. The molecule has 3 heterocycles. The number of nitrogen functional groups attached to an aromatic ring is 1. The summed E-state index contributed by atoms with van der Waals surface area (Å²) in [5, 5.41) is 10.6. The number of nitrogens with zero attached hydrogens (tertiary/aromatic N) is 4. The van der Waals surface area contributed by atoms with Crippen LogP contribution in [0.5, 0.6) is 0 Å². The Morgan fingerprint density at radius 1 is 1.46 bits per heavy atom. The van der Waals surface area contributed by atoms with Crippen molar-refractivity contribution < 1.29 is 9.21 Å². The van der Waals surface area contributed by atoms with Crippen LogP contribution in [0.4, 0.5) is 0 Å². The van der Waals surface area contributed by atoms with E-state index in [9.17, 15) is 4.79 Å². The van der Waals surface area contributed by atoms with Crippen LogP contribution in [-0.4, -0.2) is 38.5 Å². The number of hydrogen-bond donors (Lipinski definition) is 1. The zero-order chi connectivity index (χ0) is 17.1. The molecule has 0 saturated heterocycles. The lowest BCUT2D eigenvalue weighted by molar-refractivity contribution is -0.127. The van der Waals surface area contributed by atoms with E-state index < -0.39 is 0 Å². The van der Waals surface area contributed by atoms with Gasteiger partial charge in [0.1, 0.15) is 5.76 Å². The van der Waals surface area contributed by atoms with E-state index in [1.54, 1.807) is 35.6 Å². The molecule has 1 amide bonds. The summed E-state index contributed by atoms with van der Waals surface area (Å²) in [5.74, 6) is 7.54. The van der Waals surface area contributed by atoms with Crippen molar-refractivity contribution in [2.45, 2.75) is 18.6 Å². The maximum Gasteiger partial charge on any atom is 0.233 e. The first-order valence-corrected chi connectivity index (χ1v) is 9.07. The molecule has 3 rings (SSSR count). The summed E-state index contributed by atoms with van der Waals surface area (Å²) in [4.78, 5) is 15.1. The third-order valence-electron chi connectivity index (χ3n) is 3.49. The van der Waals surface area contributed by atoms with Gasteiger partial charge in [-0.1, -0.05) is 17.8 Å². The van der Waals surface area contributed by atoms with Crippen molar-refractivity contribution in [3.05, 3.63) is 40.5 Å². The Bertz CT molecular complexity index is 825. The second kappa shape index (κ2) is 7.10. The number of furan rings is 1. The average molecular weight is 363 g/mol. The smallest absolute Gasteiger partial charge is 0.233 e. The third-order valence-corrected chi connectivity index (χ3v) is 5.28. The van der Waals surface area contributed by atoms with Crippen molar-refractivity contribution in [2.24, 2.45) is 0 Å². The summed E-state index contributed by atoms with van der Waals surface area (Å²) >= 11 is 2.90. The molecule has 126 valence electrons. The Labute approximate surface area is 147 Å². The van der Waals surface area contributed by atoms with Gasteiger partial charge in [-0.15, -0.1) is 21.5 Å². The maximum absolute atomic E-state index is 12.2. The van der Waals surface area contributed by atoms with Crippen LogP contribution in [0.15, 0.2) is 39.4 Å². The lowest BCUT2D eigenvalue weighted by Crippen LogP contribution is -2.27. The first-order chi connectivity index (χ1) is 11.6. The van der Waals surface area contributed by atoms with Gasteiger partial charge < -0.3 is 15.2 Å². The van der Waals surface area contributed by atoms with Crippen molar-refractivity contribution in [1.29, 1.82) is 0 Å². The van der Waals surface area contributed by atoms with E-state index in [2.05, 4.69) is 10.2 Å². The van der Waals surface area contributed by atoms with E-state index in [-0.39, 0.29) is 11.7 Å². The fourth-order valence-electron chi connectivity index (χ4n) is 2.14. The first kappa shape index (κ1) is 16.6. The van der Waals surface area contributed by atoms with Crippen LogP contribution >= 0.6 is 23.1 Å². The number of aryl methyl sites for hydroxylation is 1. The molecule has 0 spiro atoms. The number of thioether (sulfide) groups is 1. The Balaban J connectivity index is 1.62. The van der Waals surface area contributed by atoms with Crippen molar-refractivity contribution >= 4 is 29.0 Å². The van der Waals surface area contributed by atoms with E-state index in [0.29, 0.717) is 17.5 Å². The quantitative estimate of drug-likeness (QED) is 0.534. The number of amides is 1. The molecular formula is C15H17N5O2S2. The monoisotopic (exact) mass is 363 g/mol. The lowest BCUT2D eigenvalue weighted by atomic mass is 10.2. The van der Waals surface area contributed by atoms with Crippen molar-refractivity contribution in [2.75, 3.05) is 18.6 Å². The molecule has 0 unspecified atom stereocenters. The maximum atomic E-state index is 12.2. The number of rotatable bonds is 6. The number of hydrogen-bond acceptors (Lipinski definition) is 7. The van der Waals surface area contributed by atoms with Crippen LogP contribution in [0.3, 0.4) is 0 Å². The average Bonchev–Trinajstić information content (AvgIpc) is 3.28. The minimum atomic E-state index is 0.0115. The van der Waals surface area contributed by atoms with Crippen LogP contribution in [0, 0.1) is 6.92 Å². The molecule has 0 saturated carbocycles. The van der Waals surface area contributed by atoms with E-state index in [4.69, 9.17) is 10.3 Å². The van der Waals surface area contributed by atoms with Crippen LogP contribution in [0.2, 0.25) is 0 Å². The highest BCUT2D eigenvalue weighted by Gasteiger charge is 2.17. The van der Waals surface area contributed by atoms with E-state index >= 15 is 0 Å². The predicted molar refractivity (Wildman–Crippen MR) is 94.1 cm³/mol. The van der Waals surface area contributed by atoms with Gasteiger partial charge in [0.05, 0.1) is 24.1 Å². The van der Waals surface area contributed by atoms with Gasteiger partial charge in [-0.3, -0.25) is 4.79 Å². The summed E-state index contributed by atoms with van der Waals surface area (Å²) in [6.45, 7) is 2.44. The zero-order valence-electron chi connectivity index (χ0n) is 13.3. The van der Waals surface area contributed by atoms with E-state index in [1.165, 1.54) is 16.4 Å². The molecule has 24 heavy (non-hydrogen) atoms. The summed E-state index contributed by atoms with van der Waals surface area (Å²) in [7, 11) is 1.79. The van der Waals surface area contributed by atoms with Gasteiger partial charge in [0.25, 0.3) is 0 Å². The molecule has 3 aromatic heterocycles. The normalized spacial score (nSPS) is 10.9. The fourth-order valence-corrected chi connectivity index (χ4v) is 3.69. The van der Waals surface area contributed by atoms with Crippen LogP contribution in [-0.2, 0) is 11.3 Å². The summed E-state index contributed by atoms with van der Waals surface area (Å²) in [6.07, 6.45) is 1.58. The van der Waals surface area contributed by atoms with Gasteiger partial charge in [0, 0.05) is 11.9 Å². The number of carbonyl (C=O) groups is 1. The second-order valence-corrected chi connectivity index (χ2v) is 7.16. The number of aromatic nitrogens is 3. The van der Waals surface area contributed by atoms with E-state index in [0.717, 1.165) is 16.2 Å². The van der Waals surface area contributed by atoms with Gasteiger partial charge in [-0.2, -0.15) is 0 Å². The molecule has 0 bridgehead atoms. The molecule has 0 radical (unpaired) electrons. The standard InChI is InChI=1S/C15H17N5O2S2/c1-10-12(5-6-22-10)14-17-18-15(20(14)16)24-9-13(21)19(2)8-11-4-3-7-23-11/h3-7H,8-9,16H2,1-2H3. The Morgan fingerprint density at radius 3 is 2.96 bits per heavy atom. The van der Waals surface area contributed by atoms with Crippen molar-refractivity contribution in [1.82, 2.24) is 19.8 Å². The lowest BCUT2D eigenvalue weighted by Gasteiger charge is -2.15. The predicted octanol–water partition coefficient (Wildman–Crippen LogP) is 2.37. The number of carbonyl (C=O) groups excluding carboxylic acids is 1. The minimum Gasteiger partial charge on any atom is -0.469 e. The third kappa shape index (κ3) is 3.46. The Kier molecular flexibility index (Phi) is 4.91. The number of thiophene rings is 1. The van der Waals surface area contributed by atoms with Crippen LogP contribution in [0.1, 0.15) is 10.6 Å². The van der Waals surface area contributed by atoms with Gasteiger partial charge in [0.2, 0.25) is 11.1 Å². The SMILES string of the molecule is Cc1occc1-c1nnc(SCC(=O)N(C)Cc2cccs2)n1N. The molecule has 9 heteroatoms. The highest BCUT2D eigenvalue weighted by molar-refractivity contribution is 7.99. The van der Waals surface area contributed by atoms with Gasteiger partial charge in [-0.05, 0) is 24.4 Å². The summed E-state index contributed by atoms with van der Waals surface area (Å²) in [5.41, 5.74) is 0.790. The van der Waals surface area contributed by atoms with Crippen molar-refractivity contribution in [3.8, 4) is 11.4 Å². The highest BCUT2D eigenvalue weighted by Crippen LogP contribution is 2.25. The molecule has 7 nitrogen and oxygen atoms in total. The number of nitrogens with two attached hydrogens (primary N) is 1. The second-order valence-electron chi connectivity index (χ2n) is 5.18. The molecular weight excluding hydrogens is 346 g/mol. The molecule has 3 aromatic rings. The highest BCUT2D eigenvalue weighted by atomic mass is 32.2. The molecule has 0 aliphatic heterocycles. The zero-order valence-corrected chi connectivity index (χ0v) is 14.9. The van der Waals surface area contributed by atoms with Gasteiger partial charge >= 0.3 is 0 Å². The topological polar surface area (TPSA) is 90.2 Å². The van der Waals surface area contributed by atoms with E-state index in [1.807, 2.05) is 24.4 Å². The first-order valence-electron chi connectivity index (χ1n) is 7.20. The Morgan fingerprint density at radius 2 is 2.29 bits per heavy atom. The van der Waals surface area contributed by atoms with Gasteiger partial charge in [0.15, 0.2) is 5.82 Å². The molecule has 0 atom stereocenters.